The fourth-order valence-corrected chi connectivity index (χ4v) is 8.67. The van der Waals surface area contributed by atoms with Crippen molar-refractivity contribution in [2.75, 3.05) is 0 Å². The van der Waals surface area contributed by atoms with Crippen LogP contribution in [0.15, 0.2) is 152 Å². The molecule has 6 aromatic carbocycles. The summed E-state index contributed by atoms with van der Waals surface area (Å²) in [4.78, 5) is 0. The lowest BCUT2D eigenvalue weighted by atomic mass is 10.0. The number of hydrogen-bond acceptors (Lipinski definition) is 1. The quantitative estimate of drug-likeness (QED) is 0.193. The van der Waals surface area contributed by atoms with E-state index in [0.29, 0.717) is 6.04 Å². The lowest BCUT2D eigenvalue weighted by Crippen LogP contribution is -2.06. The number of allylic oxidation sites excluding steroid dienone is 4. The first-order chi connectivity index (χ1) is 22.3. The van der Waals surface area contributed by atoms with Crippen LogP contribution in [0.25, 0.3) is 80.6 Å². The maximum atomic E-state index is 2.51. The van der Waals surface area contributed by atoms with Crippen LogP contribution in [-0.4, -0.2) is 9.13 Å². The Bertz CT molecular complexity index is 2690. The molecule has 0 bridgehead atoms. The van der Waals surface area contributed by atoms with E-state index in [9.17, 15) is 0 Å². The zero-order chi connectivity index (χ0) is 29.5. The van der Waals surface area contributed by atoms with E-state index < -0.39 is 0 Å². The molecule has 0 saturated carbocycles. The second-order valence-corrected chi connectivity index (χ2v) is 13.2. The molecule has 10 rings (SSSR count). The number of fused-ring (bicyclic) bond motifs is 9. The standard InChI is InChI=1S/C42H28N2S/c1-2-10-29(11-3-1)43-37-15-7-4-12-31(37)34-24-27(18-21-39(34)43)28-19-22-40-35(25-28)32-13-5-8-16-38(32)44(40)30-20-23-42-36(26-30)33-14-6-9-17-41(33)45-42/h1-10,12-26,29H,11H2. The minimum Gasteiger partial charge on any atom is -0.333 e. The Labute approximate surface area is 264 Å². The Kier molecular flexibility index (Phi) is 5.31. The highest BCUT2D eigenvalue weighted by atomic mass is 32.1. The van der Waals surface area contributed by atoms with Crippen LogP contribution in [0.2, 0.25) is 0 Å². The van der Waals surface area contributed by atoms with Crippen molar-refractivity contribution in [2.45, 2.75) is 12.5 Å². The van der Waals surface area contributed by atoms with Crippen LogP contribution in [0.1, 0.15) is 12.5 Å². The topological polar surface area (TPSA) is 9.86 Å². The van der Waals surface area contributed by atoms with Crippen molar-refractivity contribution < 1.29 is 0 Å². The van der Waals surface area contributed by atoms with Gasteiger partial charge >= 0.3 is 0 Å². The largest absolute Gasteiger partial charge is 0.333 e. The van der Waals surface area contributed by atoms with E-state index in [1.165, 1.54) is 80.6 Å². The van der Waals surface area contributed by atoms with E-state index in [0.717, 1.165) is 6.42 Å². The summed E-state index contributed by atoms with van der Waals surface area (Å²) in [6.07, 6.45) is 9.93. The molecule has 0 radical (unpaired) electrons. The zero-order valence-corrected chi connectivity index (χ0v) is 25.3. The molecule has 1 aliphatic rings. The molecule has 0 amide bonds. The number of para-hydroxylation sites is 2. The molecule has 0 aliphatic heterocycles. The highest BCUT2D eigenvalue weighted by Crippen LogP contribution is 2.40. The Morgan fingerprint density at radius 2 is 1.11 bits per heavy atom. The van der Waals surface area contributed by atoms with Crippen LogP contribution >= 0.6 is 11.3 Å². The third-order valence-electron chi connectivity index (χ3n) is 9.62. The van der Waals surface area contributed by atoms with Crippen LogP contribution in [0.5, 0.6) is 0 Å². The summed E-state index contributed by atoms with van der Waals surface area (Å²) >= 11 is 1.87. The van der Waals surface area contributed by atoms with Crippen molar-refractivity contribution in [3.8, 4) is 16.8 Å². The third-order valence-corrected chi connectivity index (χ3v) is 10.8. The van der Waals surface area contributed by atoms with Gasteiger partial charge in [0.2, 0.25) is 0 Å². The Hall–Kier alpha value is -5.38. The minimum absolute atomic E-state index is 0.331. The number of nitrogens with zero attached hydrogens (tertiary/aromatic N) is 2. The fourth-order valence-electron chi connectivity index (χ4n) is 7.58. The maximum absolute atomic E-state index is 2.51. The molecule has 3 heterocycles. The van der Waals surface area contributed by atoms with E-state index in [1.54, 1.807) is 0 Å². The predicted octanol–water partition coefficient (Wildman–Crippen LogP) is 12.0. The van der Waals surface area contributed by atoms with Crippen molar-refractivity contribution in [1.29, 1.82) is 0 Å². The van der Waals surface area contributed by atoms with Gasteiger partial charge in [-0.25, -0.2) is 0 Å². The zero-order valence-electron chi connectivity index (χ0n) is 24.5. The molecule has 0 saturated heterocycles. The molecule has 1 atom stereocenters. The first kappa shape index (κ1) is 25.0. The van der Waals surface area contributed by atoms with E-state index in [4.69, 9.17) is 0 Å². The summed E-state index contributed by atoms with van der Waals surface area (Å²) in [5, 5.41) is 7.83. The molecule has 212 valence electrons. The molecule has 1 unspecified atom stereocenters. The van der Waals surface area contributed by atoms with Gasteiger partial charge in [-0.2, -0.15) is 0 Å². The lowest BCUT2D eigenvalue weighted by Gasteiger charge is -2.18. The van der Waals surface area contributed by atoms with Gasteiger partial charge in [0.05, 0.1) is 17.1 Å². The second kappa shape index (κ2) is 9.56. The monoisotopic (exact) mass is 592 g/mol. The summed E-state index contributed by atoms with van der Waals surface area (Å²) in [7, 11) is 0. The Morgan fingerprint density at radius 3 is 1.91 bits per heavy atom. The highest BCUT2D eigenvalue weighted by Gasteiger charge is 2.18. The van der Waals surface area contributed by atoms with Crippen LogP contribution < -0.4 is 0 Å². The van der Waals surface area contributed by atoms with Crippen LogP contribution in [0.4, 0.5) is 0 Å². The molecule has 45 heavy (non-hydrogen) atoms. The summed E-state index contributed by atoms with van der Waals surface area (Å²) in [5.74, 6) is 0. The first-order valence-electron chi connectivity index (χ1n) is 15.6. The van der Waals surface area contributed by atoms with Crippen LogP contribution in [-0.2, 0) is 0 Å². The van der Waals surface area contributed by atoms with Gasteiger partial charge in [0.25, 0.3) is 0 Å². The van der Waals surface area contributed by atoms with Crippen molar-refractivity contribution in [3.05, 3.63) is 152 Å². The van der Waals surface area contributed by atoms with Gasteiger partial charge < -0.3 is 9.13 Å². The van der Waals surface area contributed by atoms with Gasteiger partial charge in [0, 0.05) is 58.4 Å². The average molecular weight is 593 g/mol. The predicted molar refractivity (Wildman–Crippen MR) is 194 cm³/mol. The van der Waals surface area contributed by atoms with Crippen LogP contribution in [0.3, 0.4) is 0 Å². The highest BCUT2D eigenvalue weighted by molar-refractivity contribution is 7.25. The van der Waals surface area contributed by atoms with Crippen molar-refractivity contribution in [2.24, 2.45) is 0 Å². The normalized spacial score (nSPS) is 15.1. The smallest absolute Gasteiger partial charge is 0.0560 e. The Balaban J connectivity index is 1.16. The maximum Gasteiger partial charge on any atom is 0.0560 e. The van der Waals surface area contributed by atoms with Crippen LogP contribution in [0, 0.1) is 0 Å². The van der Waals surface area contributed by atoms with Gasteiger partial charge in [0.1, 0.15) is 0 Å². The lowest BCUT2D eigenvalue weighted by molar-refractivity contribution is 0.648. The molecule has 1 aliphatic carbocycles. The summed E-state index contributed by atoms with van der Waals surface area (Å²) in [6, 6.07) is 47.7. The molecule has 9 aromatic rings. The summed E-state index contributed by atoms with van der Waals surface area (Å²) in [6.45, 7) is 0. The van der Waals surface area contributed by atoms with Gasteiger partial charge in [-0.1, -0.05) is 91.0 Å². The molecule has 0 N–H and O–H groups in total. The van der Waals surface area contributed by atoms with Gasteiger partial charge in [-0.05, 0) is 78.2 Å². The molecular formula is C42H28N2S. The number of thiophene rings is 1. The Morgan fingerprint density at radius 1 is 0.489 bits per heavy atom. The number of rotatable bonds is 3. The number of aromatic nitrogens is 2. The van der Waals surface area contributed by atoms with Crippen molar-refractivity contribution in [3.63, 3.8) is 0 Å². The van der Waals surface area contributed by atoms with E-state index in [-0.39, 0.29) is 0 Å². The minimum atomic E-state index is 0.331. The third kappa shape index (κ3) is 3.68. The SMILES string of the molecule is C1=CCC(n2c3ccccc3c3cc(-c4ccc5c(c4)c4ccccc4n5-c4ccc5sc6ccccc6c5c4)ccc32)C=C1. The van der Waals surface area contributed by atoms with E-state index in [2.05, 4.69) is 161 Å². The first-order valence-corrected chi connectivity index (χ1v) is 16.4. The van der Waals surface area contributed by atoms with Gasteiger partial charge in [0.15, 0.2) is 0 Å². The van der Waals surface area contributed by atoms with E-state index in [1.807, 2.05) is 11.3 Å². The second-order valence-electron chi connectivity index (χ2n) is 12.1. The number of benzene rings is 6. The molecule has 3 aromatic heterocycles. The molecule has 0 fully saturated rings. The molecule has 2 nitrogen and oxygen atoms in total. The number of hydrogen-bond donors (Lipinski definition) is 0. The van der Waals surface area contributed by atoms with E-state index >= 15 is 0 Å². The van der Waals surface area contributed by atoms with Gasteiger partial charge in [-0.15, -0.1) is 11.3 Å². The molecule has 0 spiro atoms. The molecule has 3 heteroatoms. The average Bonchev–Trinajstić information content (AvgIpc) is 3.75. The van der Waals surface area contributed by atoms with Crippen molar-refractivity contribution in [1.82, 2.24) is 9.13 Å². The van der Waals surface area contributed by atoms with Crippen molar-refractivity contribution >= 4 is 75.1 Å². The summed E-state index contributed by atoms with van der Waals surface area (Å²) in [5.41, 5.74) is 8.73. The fraction of sp³-hybridized carbons (Fsp3) is 0.0476. The molecular weight excluding hydrogens is 565 g/mol. The van der Waals surface area contributed by atoms with Gasteiger partial charge in [-0.3, -0.25) is 0 Å². The summed E-state index contributed by atoms with van der Waals surface area (Å²) < 4.78 is 7.61.